The molecule has 0 saturated heterocycles. The van der Waals surface area contributed by atoms with Crippen molar-refractivity contribution in [2.24, 2.45) is 0 Å². The fourth-order valence-corrected chi connectivity index (χ4v) is 0.745. The Morgan fingerprint density at radius 2 is 0.931 bits per heavy atom. The molecular formula is C25H48O3Ti. The predicted molar refractivity (Wildman–Crippen MR) is 122 cm³/mol. The molecule has 0 aromatic rings. The number of hydrogen-bond donors (Lipinski definition) is 0. The minimum absolute atomic E-state index is 0.750. The van der Waals surface area contributed by atoms with Crippen LogP contribution in [0.3, 0.4) is 0 Å². The third kappa shape index (κ3) is 197. The van der Waals surface area contributed by atoms with Crippen LogP contribution in [0.1, 0.15) is 96.9 Å². The second-order valence-electron chi connectivity index (χ2n) is 9.68. The molecule has 0 aromatic carbocycles. The molecule has 0 atom stereocenters. The van der Waals surface area contributed by atoms with Crippen LogP contribution in [-0.2, 0) is 20.4 Å². The molecule has 0 spiro atoms. The number of hydrogen-bond acceptors (Lipinski definition) is 3. The molecule has 0 aromatic heterocycles. The van der Waals surface area contributed by atoms with Crippen molar-refractivity contribution < 1.29 is 35.8 Å². The van der Waals surface area contributed by atoms with Gasteiger partial charge in [0.05, 0.1) is 0 Å². The van der Waals surface area contributed by atoms with E-state index in [4.69, 9.17) is 0 Å². The van der Waals surface area contributed by atoms with Gasteiger partial charge in [-0.05, 0) is 13.8 Å². The Labute approximate surface area is 195 Å². The molecule has 3 nitrogen and oxygen atoms in total. The first-order valence-electron chi connectivity index (χ1n) is 9.83. The molecule has 0 N–H and O–H groups in total. The van der Waals surface area contributed by atoms with Crippen molar-refractivity contribution in [3.8, 4) is 0 Å². The SMILES string of the molecule is C=CC(C)=CC.CC(C)(C)[O-].CC(C)(C)[O-].CC(C)(C)[O-].CC(C)=CC(C)=[CH][Ti+3]. The average Bonchev–Trinajstić information content (AvgIpc) is 2.40. The second-order valence-corrected chi connectivity index (χ2v) is 10.1. The summed E-state index contributed by atoms with van der Waals surface area (Å²) in [6.45, 7) is 28.6. The Balaban J connectivity index is -0.0000000841. The van der Waals surface area contributed by atoms with E-state index in [9.17, 15) is 15.3 Å². The zero-order chi connectivity index (χ0) is 25.1. The first kappa shape index (κ1) is 39.1. The Kier molecular flexibility index (Phi) is 28.0. The van der Waals surface area contributed by atoms with Gasteiger partial charge in [0, 0.05) is 0 Å². The summed E-state index contributed by atoms with van der Waals surface area (Å²) < 4.78 is 2.10. The van der Waals surface area contributed by atoms with E-state index >= 15 is 0 Å². The monoisotopic (exact) mass is 444 g/mol. The summed E-state index contributed by atoms with van der Waals surface area (Å²) >= 11 is 2.05. The molecule has 0 heterocycles. The third-order valence-corrected chi connectivity index (χ3v) is 2.23. The predicted octanol–water partition coefficient (Wildman–Crippen LogP) is 4.98. The van der Waals surface area contributed by atoms with E-state index in [2.05, 4.69) is 58.2 Å². The Morgan fingerprint density at radius 1 is 0.690 bits per heavy atom. The quantitative estimate of drug-likeness (QED) is 0.446. The minimum atomic E-state index is -0.750. The zero-order valence-electron chi connectivity index (χ0n) is 21.7. The topological polar surface area (TPSA) is 69.2 Å². The maximum atomic E-state index is 10.1. The van der Waals surface area contributed by atoms with Crippen LogP contribution in [0.4, 0.5) is 0 Å². The molecule has 0 bridgehead atoms. The van der Waals surface area contributed by atoms with Crippen LogP contribution in [0.25, 0.3) is 0 Å². The van der Waals surface area contributed by atoms with Gasteiger partial charge in [-0.3, -0.25) is 0 Å². The van der Waals surface area contributed by atoms with Crippen molar-refractivity contribution in [2.75, 3.05) is 0 Å². The Hall–Kier alpha value is -0.446. The van der Waals surface area contributed by atoms with Gasteiger partial charge in [0.1, 0.15) is 0 Å². The van der Waals surface area contributed by atoms with Crippen molar-refractivity contribution in [1.29, 1.82) is 0 Å². The fourth-order valence-electron chi connectivity index (χ4n) is 0.615. The fraction of sp³-hybridized carbons (Fsp3) is 0.680. The summed E-state index contributed by atoms with van der Waals surface area (Å²) in [5, 5.41) is 30.3. The van der Waals surface area contributed by atoms with E-state index in [0.717, 1.165) is 0 Å². The first-order valence-corrected chi connectivity index (χ1v) is 10.7. The average molecular weight is 445 g/mol. The molecule has 0 unspecified atom stereocenters. The first-order chi connectivity index (χ1) is 12.5. The van der Waals surface area contributed by atoms with Gasteiger partial charge in [0.25, 0.3) is 0 Å². The Morgan fingerprint density at radius 3 is 0.966 bits per heavy atom. The molecule has 0 aliphatic heterocycles. The van der Waals surface area contributed by atoms with E-state index in [0.29, 0.717) is 0 Å². The molecule has 0 radical (unpaired) electrons. The molecule has 0 aliphatic rings. The molecule has 0 aliphatic carbocycles. The van der Waals surface area contributed by atoms with Crippen LogP contribution in [0.2, 0.25) is 0 Å². The van der Waals surface area contributed by atoms with E-state index in [1.165, 1.54) is 16.7 Å². The molecule has 0 fully saturated rings. The van der Waals surface area contributed by atoms with Crippen LogP contribution >= 0.6 is 0 Å². The van der Waals surface area contributed by atoms with Crippen LogP contribution in [0.15, 0.2) is 45.9 Å². The molecule has 0 saturated carbocycles. The molecule has 170 valence electrons. The summed E-state index contributed by atoms with van der Waals surface area (Å²) in [5.74, 6) is 0. The number of rotatable bonds is 2. The van der Waals surface area contributed by atoms with Gasteiger partial charge in [-0.2, -0.15) is 0 Å². The molecular weight excluding hydrogens is 396 g/mol. The van der Waals surface area contributed by atoms with E-state index in [-0.39, 0.29) is 0 Å². The van der Waals surface area contributed by atoms with Gasteiger partial charge in [0.2, 0.25) is 0 Å². The van der Waals surface area contributed by atoms with Crippen molar-refractivity contribution in [3.05, 3.63) is 45.9 Å². The van der Waals surface area contributed by atoms with Gasteiger partial charge in [-0.15, -0.1) is 16.8 Å². The van der Waals surface area contributed by atoms with Crippen molar-refractivity contribution in [1.82, 2.24) is 0 Å². The van der Waals surface area contributed by atoms with Crippen LogP contribution < -0.4 is 15.3 Å². The third-order valence-electron chi connectivity index (χ3n) is 1.52. The van der Waals surface area contributed by atoms with Crippen molar-refractivity contribution >= 4 is 0 Å². The summed E-state index contributed by atoms with van der Waals surface area (Å²) in [6, 6.07) is 0. The molecule has 0 rings (SSSR count). The van der Waals surface area contributed by atoms with Gasteiger partial charge in [0.15, 0.2) is 0 Å². The normalized spacial score (nSPS) is 11.7. The van der Waals surface area contributed by atoms with Gasteiger partial charge in [-0.25, -0.2) is 0 Å². The Bertz CT molecular complexity index is 415. The van der Waals surface area contributed by atoms with Crippen molar-refractivity contribution in [3.63, 3.8) is 0 Å². The second kappa shape index (κ2) is 20.8. The van der Waals surface area contributed by atoms with Gasteiger partial charge < -0.3 is 15.3 Å². The standard InChI is InChI=1S/C7H11.C6H10.3C4H9O.Ti/c1-6(2)5-7(3)4;1-4-6(3)5-2;3*1-4(2,3)5;/h1,5H,2-4H3;4-5H,1H2,2-3H3;3*1-3H3;/q;;3*-1;+3. The number of allylic oxidation sites excluding steroid dienone is 6. The molecule has 4 heteroatoms. The maximum absolute atomic E-state index is 10.1. The van der Waals surface area contributed by atoms with E-state index < -0.39 is 16.8 Å². The summed E-state index contributed by atoms with van der Waals surface area (Å²) in [4.78, 5) is 0. The van der Waals surface area contributed by atoms with Gasteiger partial charge >= 0.3 is 62.8 Å². The van der Waals surface area contributed by atoms with Crippen LogP contribution in [0, 0.1) is 0 Å². The van der Waals surface area contributed by atoms with Gasteiger partial charge in [-0.1, -0.05) is 86.6 Å². The summed E-state index contributed by atoms with van der Waals surface area (Å²) in [7, 11) is 0. The summed E-state index contributed by atoms with van der Waals surface area (Å²) in [6.07, 6.45) is 6.02. The van der Waals surface area contributed by atoms with E-state index in [1.54, 1.807) is 62.3 Å². The molecule has 29 heavy (non-hydrogen) atoms. The van der Waals surface area contributed by atoms with Crippen molar-refractivity contribution in [2.45, 2.75) is 114 Å². The van der Waals surface area contributed by atoms with Crippen LogP contribution in [-0.4, -0.2) is 16.8 Å². The van der Waals surface area contributed by atoms with E-state index in [1.807, 2.05) is 26.0 Å². The van der Waals surface area contributed by atoms with Crippen LogP contribution in [0.5, 0.6) is 0 Å². The zero-order valence-corrected chi connectivity index (χ0v) is 23.3. The molecule has 0 amide bonds. The summed E-state index contributed by atoms with van der Waals surface area (Å²) in [5.41, 5.74) is 1.68.